The van der Waals surface area contributed by atoms with Gasteiger partial charge in [0.15, 0.2) is 0 Å². The summed E-state index contributed by atoms with van der Waals surface area (Å²) in [5.74, 6) is -1.05. The summed E-state index contributed by atoms with van der Waals surface area (Å²) in [6.07, 6.45) is -3.33. The number of carboxylic acids is 1. The highest BCUT2D eigenvalue weighted by Gasteiger charge is 2.30. The molecule has 0 saturated heterocycles. The highest BCUT2D eigenvalue weighted by molar-refractivity contribution is 6.34. The van der Waals surface area contributed by atoms with Gasteiger partial charge in [0.05, 0.1) is 22.7 Å². The van der Waals surface area contributed by atoms with Gasteiger partial charge in [-0.2, -0.15) is 13.2 Å². The van der Waals surface area contributed by atoms with Crippen molar-refractivity contribution >= 4 is 17.6 Å². The molecule has 0 unspecified atom stereocenters. The minimum atomic E-state index is -4.42. The van der Waals surface area contributed by atoms with Gasteiger partial charge in [-0.05, 0) is 23.8 Å². The average Bonchev–Trinajstić information content (AvgIpc) is 2.40. The zero-order chi connectivity index (χ0) is 15.6. The molecule has 7 heteroatoms. The van der Waals surface area contributed by atoms with E-state index in [1.54, 1.807) is 0 Å². The SMILES string of the molecule is O=C(O)Cc1ccnc(-c2ccc(C(F)(F)F)cc2)c1Cl. The van der Waals surface area contributed by atoms with Crippen LogP contribution in [0.25, 0.3) is 11.3 Å². The summed E-state index contributed by atoms with van der Waals surface area (Å²) in [4.78, 5) is 14.7. The lowest BCUT2D eigenvalue weighted by atomic mass is 10.1. The quantitative estimate of drug-likeness (QED) is 0.929. The van der Waals surface area contributed by atoms with Crippen LogP contribution >= 0.6 is 11.6 Å². The molecule has 0 radical (unpaired) electrons. The van der Waals surface area contributed by atoms with E-state index in [2.05, 4.69) is 4.98 Å². The third-order valence-corrected chi connectivity index (χ3v) is 3.22. The number of benzene rings is 1. The summed E-state index contributed by atoms with van der Waals surface area (Å²) >= 11 is 6.07. The first-order valence-electron chi connectivity index (χ1n) is 5.82. The van der Waals surface area contributed by atoms with E-state index in [1.165, 1.54) is 24.4 Å². The van der Waals surface area contributed by atoms with Gasteiger partial charge in [0, 0.05) is 11.8 Å². The highest BCUT2D eigenvalue weighted by atomic mass is 35.5. The molecule has 0 spiro atoms. The van der Waals surface area contributed by atoms with E-state index in [0.717, 1.165) is 12.1 Å². The van der Waals surface area contributed by atoms with E-state index < -0.39 is 17.7 Å². The van der Waals surface area contributed by atoms with Crippen molar-refractivity contribution in [1.29, 1.82) is 0 Å². The van der Waals surface area contributed by atoms with Gasteiger partial charge in [-0.3, -0.25) is 9.78 Å². The second-order valence-corrected chi connectivity index (χ2v) is 4.66. The van der Waals surface area contributed by atoms with Gasteiger partial charge >= 0.3 is 12.1 Å². The van der Waals surface area contributed by atoms with Crippen molar-refractivity contribution in [1.82, 2.24) is 4.98 Å². The maximum absolute atomic E-state index is 12.5. The molecule has 0 saturated carbocycles. The smallest absolute Gasteiger partial charge is 0.416 e. The fourth-order valence-corrected chi connectivity index (χ4v) is 2.09. The fourth-order valence-electron chi connectivity index (χ4n) is 1.80. The molecule has 110 valence electrons. The Balaban J connectivity index is 2.40. The summed E-state index contributed by atoms with van der Waals surface area (Å²) in [6.45, 7) is 0. The van der Waals surface area contributed by atoms with Crippen molar-refractivity contribution in [2.45, 2.75) is 12.6 Å². The maximum Gasteiger partial charge on any atom is 0.416 e. The van der Waals surface area contributed by atoms with Crippen molar-refractivity contribution in [2.24, 2.45) is 0 Å². The number of carboxylic acid groups (broad SMARTS) is 1. The third-order valence-electron chi connectivity index (χ3n) is 2.80. The number of hydrogen-bond acceptors (Lipinski definition) is 2. The molecule has 0 amide bonds. The summed E-state index contributed by atoms with van der Waals surface area (Å²) < 4.78 is 37.5. The van der Waals surface area contributed by atoms with Crippen LogP contribution in [0.1, 0.15) is 11.1 Å². The van der Waals surface area contributed by atoms with Crippen LogP contribution in [0.4, 0.5) is 13.2 Å². The lowest BCUT2D eigenvalue weighted by Crippen LogP contribution is -2.04. The first kappa shape index (κ1) is 15.3. The molecule has 2 rings (SSSR count). The minimum Gasteiger partial charge on any atom is -0.481 e. The molecular weight excluding hydrogens is 307 g/mol. The van der Waals surface area contributed by atoms with Crippen molar-refractivity contribution in [2.75, 3.05) is 0 Å². The van der Waals surface area contributed by atoms with Crippen LogP contribution in [0.15, 0.2) is 36.5 Å². The second kappa shape index (κ2) is 5.73. The molecule has 1 aromatic heterocycles. The summed E-state index contributed by atoms with van der Waals surface area (Å²) in [5, 5.41) is 8.90. The molecule has 0 bridgehead atoms. The predicted molar refractivity (Wildman–Crippen MR) is 71.0 cm³/mol. The molecule has 1 N–H and O–H groups in total. The summed E-state index contributed by atoms with van der Waals surface area (Å²) in [6, 6.07) is 5.82. The molecule has 1 heterocycles. The number of rotatable bonds is 3. The Morgan fingerprint density at radius 3 is 2.33 bits per heavy atom. The van der Waals surface area contributed by atoms with Gasteiger partial charge in [-0.25, -0.2) is 0 Å². The normalized spacial score (nSPS) is 11.4. The van der Waals surface area contributed by atoms with Crippen molar-refractivity contribution in [3.63, 3.8) is 0 Å². The van der Waals surface area contributed by atoms with Crippen LogP contribution in [0.5, 0.6) is 0 Å². The summed E-state index contributed by atoms with van der Waals surface area (Å²) in [5.41, 5.74) is 0.225. The molecule has 0 aliphatic carbocycles. The van der Waals surface area contributed by atoms with E-state index >= 15 is 0 Å². The number of hydrogen-bond donors (Lipinski definition) is 1. The van der Waals surface area contributed by atoms with Gasteiger partial charge in [-0.15, -0.1) is 0 Å². The fraction of sp³-hybridized carbons (Fsp3) is 0.143. The molecule has 1 aromatic carbocycles. The van der Waals surface area contributed by atoms with Crippen LogP contribution in [0, 0.1) is 0 Å². The van der Waals surface area contributed by atoms with Crippen LogP contribution in [-0.2, 0) is 17.4 Å². The van der Waals surface area contributed by atoms with E-state index in [1.807, 2.05) is 0 Å². The Hall–Kier alpha value is -2.08. The second-order valence-electron chi connectivity index (χ2n) is 4.28. The molecule has 0 atom stereocenters. The van der Waals surface area contributed by atoms with Gasteiger partial charge in [-0.1, -0.05) is 23.7 Å². The molecule has 0 aliphatic heterocycles. The number of carbonyl (C=O) groups is 1. The predicted octanol–water partition coefficient (Wildman–Crippen LogP) is 4.05. The van der Waals surface area contributed by atoms with Gasteiger partial charge in [0.25, 0.3) is 0 Å². The molecule has 0 fully saturated rings. The van der Waals surface area contributed by atoms with Crippen molar-refractivity contribution in [3.8, 4) is 11.3 Å². The van der Waals surface area contributed by atoms with Gasteiger partial charge < -0.3 is 5.11 Å². The van der Waals surface area contributed by atoms with Gasteiger partial charge in [0.2, 0.25) is 0 Å². The number of aromatic nitrogens is 1. The Morgan fingerprint density at radius 1 is 1.19 bits per heavy atom. The lowest BCUT2D eigenvalue weighted by molar-refractivity contribution is -0.138. The van der Waals surface area contributed by atoms with E-state index in [4.69, 9.17) is 16.7 Å². The van der Waals surface area contributed by atoms with E-state index in [9.17, 15) is 18.0 Å². The summed E-state index contributed by atoms with van der Waals surface area (Å²) in [7, 11) is 0. The molecule has 2 aromatic rings. The molecular formula is C14H9ClF3NO2. The van der Waals surface area contributed by atoms with Crippen molar-refractivity contribution < 1.29 is 23.1 Å². The standard InChI is InChI=1S/C14H9ClF3NO2/c15-12-9(7-11(20)21)5-6-19-13(12)8-1-3-10(4-2-8)14(16,17)18/h1-6H,7H2,(H,20,21). The Labute approximate surface area is 123 Å². The Kier molecular flexibility index (Phi) is 4.18. The largest absolute Gasteiger partial charge is 0.481 e. The number of pyridine rings is 1. The van der Waals surface area contributed by atoms with Gasteiger partial charge in [0.1, 0.15) is 0 Å². The van der Waals surface area contributed by atoms with Crippen LogP contribution in [0.2, 0.25) is 5.02 Å². The zero-order valence-corrected chi connectivity index (χ0v) is 11.2. The van der Waals surface area contributed by atoms with Crippen LogP contribution in [-0.4, -0.2) is 16.1 Å². The lowest BCUT2D eigenvalue weighted by Gasteiger charge is -2.10. The highest BCUT2D eigenvalue weighted by Crippen LogP contribution is 2.33. The Bertz CT molecular complexity index is 669. The number of halogens is 4. The van der Waals surface area contributed by atoms with E-state index in [0.29, 0.717) is 11.1 Å². The molecule has 21 heavy (non-hydrogen) atoms. The first-order valence-corrected chi connectivity index (χ1v) is 6.19. The topological polar surface area (TPSA) is 50.2 Å². The number of nitrogens with zero attached hydrogens (tertiary/aromatic N) is 1. The average molecular weight is 316 g/mol. The molecule has 3 nitrogen and oxygen atoms in total. The first-order chi connectivity index (χ1) is 9.79. The van der Waals surface area contributed by atoms with E-state index in [-0.39, 0.29) is 17.1 Å². The number of aliphatic carboxylic acids is 1. The third kappa shape index (κ3) is 3.52. The van der Waals surface area contributed by atoms with Crippen molar-refractivity contribution in [3.05, 3.63) is 52.7 Å². The van der Waals surface area contributed by atoms with Crippen LogP contribution in [0.3, 0.4) is 0 Å². The molecule has 0 aliphatic rings. The monoisotopic (exact) mass is 315 g/mol. The Morgan fingerprint density at radius 2 is 1.81 bits per heavy atom. The number of alkyl halides is 3. The minimum absolute atomic E-state index is 0.125. The van der Waals surface area contributed by atoms with Crippen LogP contribution < -0.4 is 0 Å². The zero-order valence-electron chi connectivity index (χ0n) is 10.5. The maximum atomic E-state index is 12.5.